The Morgan fingerprint density at radius 1 is 0.960 bits per heavy atom. The van der Waals surface area contributed by atoms with E-state index in [1.165, 1.54) is 0 Å². The maximum atomic E-state index is 8.58. The van der Waals surface area contributed by atoms with Crippen molar-refractivity contribution in [1.29, 1.82) is 5.41 Å². The van der Waals surface area contributed by atoms with Gasteiger partial charge in [-0.05, 0) is 37.6 Å². The Hall–Kier alpha value is -3.20. The summed E-state index contributed by atoms with van der Waals surface area (Å²) in [4.78, 5) is 4.51. The van der Waals surface area contributed by atoms with Crippen LogP contribution in [0.25, 0.3) is 5.70 Å². The predicted molar refractivity (Wildman–Crippen MR) is 105 cm³/mol. The summed E-state index contributed by atoms with van der Waals surface area (Å²) in [6.45, 7) is 8.11. The van der Waals surface area contributed by atoms with Gasteiger partial charge in [-0.15, -0.1) is 0 Å². The molecule has 0 saturated heterocycles. The average molecular weight is 327 g/mol. The first kappa shape index (κ1) is 16.7. The summed E-state index contributed by atoms with van der Waals surface area (Å²) in [6.07, 6.45) is 0. The Morgan fingerprint density at radius 2 is 1.72 bits per heavy atom. The minimum Gasteiger partial charge on any atom is -0.354 e. The lowest BCUT2D eigenvalue weighted by Crippen LogP contribution is -2.08. The minimum atomic E-state index is 0.480. The lowest BCUT2D eigenvalue weighted by Gasteiger charge is -2.16. The van der Waals surface area contributed by atoms with E-state index in [4.69, 9.17) is 5.41 Å². The van der Waals surface area contributed by atoms with Crippen LogP contribution >= 0.6 is 0 Å². The molecule has 1 aromatic heterocycles. The summed E-state index contributed by atoms with van der Waals surface area (Å²) in [5.41, 5.74) is 6.66. The van der Waals surface area contributed by atoms with Gasteiger partial charge in [-0.2, -0.15) is 0 Å². The molecule has 0 fully saturated rings. The molecule has 25 heavy (non-hydrogen) atoms. The summed E-state index contributed by atoms with van der Waals surface area (Å²) in [7, 11) is 0. The number of aryl methyl sites for hydroxylation is 2. The zero-order valence-electron chi connectivity index (χ0n) is 14.5. The monoisotopic (exact) mass is 327 g/mol. The van der Waals surface area contributed by atoms with Gasteiger partial charge in [0.1, 0.15) is 0 Å². The lowest BCUT2D eigenvalue weighted by molar-refractivity contribution is 1.17. The Morgan fingerprint density at radius 3 is 2.44 bits per heavy atom. The van der Waals surface area contributed by atoms with Gasteiger partial charge in [0.15, 0.2) is 0 Å². The van der Waals surface area contributed by atoms with Gasteiger partial charge in [-0.25, -0.2) is 0 Å². The fourth-order valence-electron chi connectivity index (χ4n) is 2.68. The second-order valence-electron chi connectivity index (χ2n) is 6.06. The molecule has 0 amide bonds. The fourth-order valence-corrected chi connectivity index (χ4v) is 2.68. The summed E-state index contributed by atoms with van der Waals surface area (Å²) in [5, 5.41) is 11.9. The van der Waals surface area contributed by atoms with E-state index in [1.54, 1.807) is 0 Å². The van der Waals surface area contributed by atoms with Crippen LogP contribution in [0.3, 0.4) is 0 Å². The normalized spacial score (nSPS) is 10.3. The molecule has 2 N–H and O–H groups in total. The highest BCUT2D eigenvalue weighted by Crippen LogP contribution is 2.24. The van der Waals surface area contributed by atoms with Crippen LogP contribution in [0.4, 0.5) is 5.69 Å². The van der Waals surface area contributed by atoms with Gasteiger partial charge in [-0.1, -0.05) is 55.1 Å². The van der Waals surface area contributed by atoms with Crippen LogP contribution < -0.4 is 5.32 Å². The number of benzene rings is 2. The first-order valence-corrected chi connectivity index (χ1v) is 8.19. The molecule has 1 heterocycles. The molecule has 3 rings (SSSR count). The fraction of sp³-hybridized carbons (Fsp3) is 0.0909. The quantitative estimate of drug-likeness (QED) is 0.633. The zero-order valence-corrected chi connectivity index (χ0v) is 14.5. The maximum Gasteiger partial charge on any atom is 0.0861 e. The van der Waals surface area contributed by atoms with Crippen molar-refractivity contribution in [3.05, 3.63) is 101 Å². The third-order valence-corrected chi connectivity index (χ3v) is 3.99. The molecule has 3 heteroatoms. The van der Waals surface area contributed by atoms with E-state index >= 15 is 0 Å². The van der Waals surface area contributed by atoms with Crippen molar-refractivity contribution >= 4 is 17.1 Å². The number of anilines is 1. The molecular weight excluding hydrogens is 306 g/mol. The molecule has 2 aromatic carbocycles. The molecule has 0 bridgehead atoms. The molecule has 0 aliphatic carbocycles. The third-order valence-electron chi connectivity index (χ3n) is 3.99. The van der Waals surface area contributed by atoms with Crippen LogP contribution in [-0.2, 0) is 0 Å². The number of nitrogens with one attached hydrogen (secondary N) is 2. The second-order valence-corrected chi connectivity index (χ2v) is 6.06. The number of pyridine rings is 1. The summed E-state index contributed by atoms with van der Waals surface area (Å²) in [5.74, 6) is 0. The predicted octanol–water partition coefficient (Wildman–Crippen LogP) is 5.20. The summed E-state index contributed by atoms with van der Waals surface area (Å²) < 4.78 is 0. The van der Waals surface area contributed by atoms with Gasteiger partial charge in [0.2, 0.25) is 0 Å². The number of aromatic nitrogens is 1. The number of hydrogen-bond donors (Lipinski definition) is 2. The highest BCUT2D eigenvalue weighted by molar-refractivity contribution is 6.14. The van der Waals surface area contributed by atoms with Crippen molar-refractivity contribution in [3.63, 3.8) is 0 Å². The molecule has 0 spiro atoms. The molecule has 3 aromatic rings. The first-order valence-electron chi connectivity index (χ1n) is 8.19. The van der Waals surface area contributed by atoms with Crippen molar-refractivity contribution in [1.82, 2.24) is 4.98 Å². The number of nitrogens with zero attached hydrogens (tertiary/aromatic N) is 1. The first-order chi connectivity index (χ1) is 12.0. The van der Waals surface area contributed by atoms with Gasteiger partial charge < -0.3 is 5.32 Å². The highest BCUT2D eigenvalue weighted by Gasteiger charge is 2.12. The van der Waals surface area contributed by atoms with E-state index in [0.717, 1.165) is 39.5 Å². The lowest BCUT2D eigenvalue weighted by atomic mass is 9.99. The second kappa shape index (κ2) is 7.14. The van der Waals surface area contributed by atoms with Crippen molar-refractivity contribution in [3.8, 4) is 0 Å². The van der Waals surface area contributed by atoms with Crippen LogP contribution in [-0.4, -0.2) is 10.7 Å². The van der Waals surface area contributed by atoms with Gasteiger partial charge >= 0.3 is 0 Å². The van der Waals surface area contributed by atoms with Crippen molar-refractivity contribution in [2.45, 2.75) is 13.8 Å². The van der Waals surface area contributed by atoms with Gasteiger partial charge in [0, 0.05) is 22.5 Å². The molecular formula is C22H21N3. The van der Waals surface area contributed by atoms with E-state index in [9.17, 15) is 0 Å². The van der Waals surface area contributed by atoms with Crippen LogP contribution in [0.5, 0.6) is 0 Å². The maximum absolute atomic E-state index is 8.58. The Balaban J connectivity index is 1.95. The molecule has 0 aliphatic rings. The SMILES string of the molecule is C=C(Nc1cc(C)ccc1C(=N)c1ccccc1)c1cccc(C)n1. The Labute approximate surface area is 148 Å². The molecule has 3 nitrogen and oxygen atoms in total. The Kier molecular flexibility index (Phi) is 4.75. The number of hydrogen-bond acceptors (Lipinski definition) is 3. The summed E-state index contributed by atoms with van der Waals surface area (Å²) in [6, 6.07) is 21.6. The van der Waals surface area contributed by atoms with Crippen molar-refractivity contribution in [2.75, 3.05) is 5.32 Å². The van der Waals surface area contributed by atoms with E-state index in [-0.39, 0.29) is 0 Å². The molecule has 0 atom stereocenters. The van der Waals surface area contributed by atoms with E-state index < -0.39 is 0 Å². The van der Waals surface area contributed by atoms with Crippen LogP contribution in [0, 0.1) is 19.3 Å². The summed E-state index contributed by atoms with van der Waals surface area (Å²) >= 11 is 0. The smallest absolute Gasteiger partial charge is 0.0861 e. The average Bonchev–Trinajstić information content (AvgIpc) is 2.62. The molecule has 0 aliphatic heterocycles. The van der Waals surface area contributed by atoms with Crippen molar-refractivity contribution in [2.24, 2.45) is 0 Å². The molecule has 124 valence electrons. The topological polar surface area (TPSA) is 48.8 Å². The van der Waals surface area contributed by atoms with E-state index in [0.29, 0.717) is 5.71 Å². The van der Waals surface area contributed by atoms with Crippen LogP contribution in [0.1, 0.15) is 28.1 Å². The standard InChI is InChI=1S/C22H21N3/c1-15-12-13-19(22(23)18-9-5-4-6-10-18)21(14-15)25-17(3)20-11-7-8-16(2)24-20/h4-14,23,25H,3H2,1-2H3. The highest BCUT2D eigenvalue weighted by atomic mass is 14.9. The Bertz CT molecular complexity index is 927. The van der Waals surface area contributed by atoms with Crippen molar-refractivity contribution < 1.29 is 0 Å². The number of rotatable bonds is 5. The van der Waals surface area contributed by atoms with Crippen LogP contribution in [0.15, 0.2) is 73.3 Å². The van der Waals surface area contributed by atoms with E-state index in [1.807, 2.05) is 80.6 Å². The molecule has 0 radical (unpaired) electrons. The molecule has 0 unspecified atom stereocenters. The minimum absolute atomic E-state index is 0.480. The van der Waals surface area contributed by atoms with Gasteiger partial charge in [0.05, 0.1) is 17.1 Å². The zero-order chi connectivity index (χ0) is 17.8. The van der Waals surface area contributed by atoms with Gasteiger partial charge in [0.25, 0.3) is 0 Å². The third kappa shape index (κ3) is 3.83. The van der Waals surface area contributed by atoms with E-state index in [2.05, 4.69) is 16.9 Å². The van der Waals surface area contributed by atoms with Gasteiger partial charge in [-0.3, -0.25) is 10.4 Å². The molecule has 0 saturated carbocycles. The largest absolute Gasteiger partial charge is 0.354 e. The van der Waals surface area contributed by atoms with Crippen LogP contribution in [0.2, 0.25) is 0 Å².